The molecule has 1 amide bonds. The van der Waals surface area contributed by atoms with E-state index in [0.717, 1.165) is 26.6 Å². The van der Waals surface area contributed by atoms with E-state index < -0.39 is 0 Å². The van der Waals surface area contributed by atoms with Gasteiger partial charge in [0.25, 0.3) is 0 Å². The maximum Gasteiger partial charge on any atom is 0.237 e. The lowest BCUT2D eigenvalue weighted by Crippen LogP contribution is -2.22. The Morgan fingerprint density at radius 1 is 1.15 bits per heavy atom. The van der Waals surface area contributed by atoms with Gasteiger partial charge in [0.1, 0.15) is 5.52 Å². The standard InChI is InChI=1S/C18H14BrN5OS/c1-10(17(25)20-12-8-6-11(19)7-9-12)26-18-22-16-15(23-24-18)13-4-2-3-5-14(13)21-16/h2-10H,1H3,(H,20,25)(H,21,22,24)/t10-/m0/s1. The fourth-order valence-electron chi connectivity index (χ4n) is 2.54. The van der Waals surface area contributed by atoms with Gasteiger partial charge in [0.2, 0.25) is 11.1 Å². The molecule has 26 heavy (non-hydrogen) atoms. The molecule has 4 rings (SSSR count). The van der Waals surface area contributed by atoms with Crippen LogP contribution >= 0.6 is 27.7 Å². The molecule has 0 aliphatic rings. The van der Waals surface area contributed by atoms with Gasteiger partial charge in [-0.25, -0.2) is 4.98 Å². The second-order valence-electron chi connectivity index (χ2n) is 5.72. The van der Waals surface area contributed by atoms with Crippen LogP contribution in [0.5, 0.6) is 0 Å². The Kier molecular flexibility index (Phi) is 4.60. The zero-order chi connectivity index (χ0) is 18.1. The first-order valence-electron chi connectivity index (χ1n) is 7.94. The van der Waals surface area contributed by atoms with E-state index in [2.05, 4.69) is 41.4 Å². The first kappa shape index (κ1) is 17.0. The molecule has 2 N–H and O–H groups in total. The second-order valence-corrected chi connectivity index (χ2v) is 7.94. The molecular weight excluding hydrogens is 414 g/mol. The maximum absolute atomic E-state index is 12.4. The molecule has 130 valence electrons. The number of H-pyrrole nitrogens is 1. The van der Waals surface area contributed by atoms with Gasteiger partial charge in [-0.05, 0) is 37.3 Å². The summed E-state index contributed by atoms with van der Waals surface area (Å²) in [7, 11) is 0. The molecule has 0 saturated carbocycles. The Morgan fingerprint density at radius 3 is 2.73 bits per heavy atom. The molecule has 2 aromatic heterocycles. The van der Waals surface area contributed by atoms with Crippen molar-refractivity contribution in [3.05, 3.63) is 53.0 Å². The number of thioether (sulfide) groups is 1. The zero-order valence-corrected chi connectivity index (χ0v) is 16.1. The summed E-state index contributed by atoms with van der Waals surface area (Å²) in [6, 6.07) is 15.3. The summed E-state index contributed by atoms with van der Waals surface area (Å²) in [4.78, 5) is 20.1. The minimum absolute atomic E-state index is 0.113. The third kappa shape index (κ3) is 3.42. The third-order valence-corrected chi connectivity index (χ3v) is 5.35. The van der Waals surface area contributed by atoms with Gasteiger partial charge in [0.15, 0.2) is 5.65 Å². The minimum Gasteiger partial charge on any atom is -0.338 e. The topological polar surface area (TPSA) is 83.6 Å². The molecular formula is C18H14BrN5OS. The van der Waals surface area contributed by atoms with Gasteiger partial charge in [0.05, 0.1) is 5.25 Å². The molecule has 4 aromatic rings. The van der Waals surface area contributed by atoms with E-state index in [1.54, 1.807) is 0 Å². The van der Waals surface area contributed by atoms with Crippen molar-refractivity contribution in [1.82, 2.24) is 20.2 Å². The van der Waals surface area contributed by atoms with Crippen LogP contribution in [0.2, 0.25) is 0 Å². The fourth-order valence-corrected chi connectivity index (χ4v) is 3.52. The summed E-state index contributed by atoms with van der Waals surface area (Å²) in [5, 5.41) is 12.4. The largest absolute Gasteiger partial charge is 0.338 e. The number of hydrogen-bond donors (Lipinski definition) is 2. The maximum atomic E-state index is 12.4. The van der Waals surface area contributed by atoms with E-state index in [9.17, 15) is 4.79 Å². The minimum atomic E-state index is -0.359. The number of carbonyl (C=O) groups excluding carboxylic acids is 1. The van der Waals surface area contributed by atoms with Gasteiger partial charge >= 0.3 is 0 Å². The van der Waals surface area contributed by atoms with E-state index >= 15 is 0 Å². The molecule has 6 nitrogen and oxygen atoms in total. The smallest absolute Gasteiger partial charge is 0.237 e. The number of carbonyl (C=O) groups is 1. The van der Waals surface area contributed by atoms with Crippen molar-refractivity contribution in [2.75, 3.05) is 5.32 Å². The number of hydrogen-bond acceptors (Lipinski definition) is 5. The number of para-hydroxylation sites is 1. The van der Waals surface area contributed by atoms with Crippen molar-refractivity contribution < 1.29 is 4.79 Å². The van der Waals surface area contributed by atoms with Crippen LogP contribution in [0, 0.1) is 0 Å². The summed E-state index contributed by atoms with van der Waals surface area (Å²) in [6.45, 7) is 1.82. The number of halogens is 1. The quantitative estimate of drug-likeness (QED) is 0.471. The lowest BCUT2D eigenvalue weighted by atomic mass is 10.2. The average molecular weight is 428 g/mol. The van der Waals surface area contributed by atoms with Gasteiger partial charge in [-0.2, -0.15) is 0 Å². The number of fused-ring (bicyclic) bond motifs is 3. The van der Waals surface area contributed by atoms with Crippen molar-refractivity contribution in [2.24, 2.45) is 0 Å². The molecule has 8 heteroatoms. The molecule has 2 heterocycles. The van der Waals surface area contributed by atoms with Gasteiger partial charge in [-0.1, -0.05) is 45.9 Å². The Morgan fingerprint density at radius 2 is 1.92 bits per heavy atom. The predicted octanol–water partition coefficient (Wildman–Crippen LogP) is 4.39. The molecule has 0 aliphatic carbocycles. The summed E-state index contributed by atoms with van der Waals surface area (Å²) in [6.07, 6.45) is 0. The van der Waals surface area contributed by atoms with Crippen LogP contribution in [0.3, 0.4) is 0 Å². The van der Waals surface area contributed by atoms with Crippen molar-refractivity contribution in [1.29, 1.82) is 0 Å². The fraction of sp³-hybridized carbons (Fsp3) is 0.111. The molecule has 0 saturated heterocycles. The first-order chi connectivity index (χ1) is 12.6. The van der Waals surface area contributed by atoms with Crippen molar-refractivity contribution in [2.45, 2.75) is 17.3 Å². The monoisotopic (exact) mass is 427 g/mol. The van der Waals surface area contributed by atoms with Crippen LogP contribution < -0.4 is 5.32 Å². The number of nitrogens with zero attached hydrogens (tertiary/aromatic N) is 3. The van der Waals surface area contributed by atoms with E-state index in [-0.39, 0.29) is 11.2 Å². The number of rotatable bonds is 4. The summed E-state index contributed by atoms with van der Waals surface area (Å²) < 4.78 is 0.962. The Bertz CT molecular complexity index is 1100. The highest BCUT2D eigenvalue weighted by molar-refractivity contribution is 9.10. The third-order valence-electron chi connectivity index (χ3n) is 3.87. The van der Waals surface area contributed by atoms with Crippen LogP contribution in [0.15, 0.2) is 58.2 Å². The normalized spacial score (nSPS) is 12.4. The lowest BCUT2D eigenvalue weighted by Gasteiger charge is -2.10. The number of aromatic nitrogens is 4. The van der Waals surface area contributed by atoms with E-state index in [1.165, 1.54) is 11.8 Å². The highest BCUT2D eigenvalue weighted by Crippen LogP contribution is 2.25. The molecule has 1 atom stereocenters. The van der Waals surface area contributed by atoms with E-state index in [4.69, 9.17) is 0 Å². The lowest BCUT2D eigenvalue weighted by molar-refractivity contribution is -0.115. The number of aromatic amines is 1. The van der Waals surface area contributed by atoms with Crippen LogP contribution in [0.1, 0.15) is 6.92 Å². The first-order valence-corrected chi connectivity index (χ1v) is 9.61. The Hall–Kier alpha value is -2.45. The van der Waals surface area contributed by atoms with Crippen LogP contribution in [0.4, 0.5) is 5.69 Å². The summed E-state index contributed by atoms with van der Waals surface area (Å²) in [5.41, 5.74) is 3.12. The Balaban J connectivity index is 1.51. The van der Waals surface area contributed by atoms with Crippen LogP contribution in [-0.4, -0.2) is 31.3 Å². The van der Waals surface area contributed by atoms with Gasteiger partial charge in [-0.3, -0.25) is 4.79 Å². The second kappa shape index (κ2) is 7.05. The summed E-state index contributed by atoms with van der Waals surface area (Å²) >= 11 is 4.65. The zero-order valence-electron chi connectivity index (χ0n) is 13.7. The molecule has 0 unspecified atom stereocenters. The van der Waals surface area contributed by atoms with Crippen molar-refractivity contribution >= 4 is 61.4 Å². The molecule has 0 spiro atoms. The predicted molar refractivity (Wildman–Crippen MR) is 107 cm³/mol. The van der Waals surface area contributed by atoms with Crippen LogP contribution in [0.25, 0.3) is 22.1 Å². The molecule has 0 fully saturated rings. The highest BCUT2D eigenvalue weighted by atomic mass is 79.9. The van der Waals surface area contributed by atoms with Crippen molar-refractivity contribution in [3.63, 3.8) is 0 Å². The van der Waals surface area contributed by atoms with E-state index in [1.807, 2.05) is 55.5 Å². The molecule has 0 bridgehead atoms. The highest BCUT2D eigenvalue weighted by Gasteiger charge is 2.17. The van der Waals surface area contributed by atoms with Crippen LogP contribution in [-0.2, 0) is 4.79 Å². The number of nitrogens with one attached hydrogen (secondary N) is 2. The molecule has 0 aliphatic heterocycles. The van der Waals surface area contributed by atoms with Gasteiger partial charge in [-0.15, -0.1) is 10.2 Å². The van der Waals surface area contributed by atoms with Crippen molar-refractivity contribution in [3.8, 4) is 0 Å². The SMILES string of the molecule is C[C@H](Sc1nnc2c(n1)[nH]c1ccccc12)C(=O)Nc1ccc(Br)cc1. The average Bonchev–Trinajstić information content (AvgIpc) is 3.01. The summed E-state index contributed by atoms with van der Waals surface area (Å²) in [5.74, 6) is -0.113. The van der Waals surface area contributed by atoms with Gasteiger partial charge in [0, 0.05) is 21.1 Å². The number of benzene rings is 2. The van der Waals surface area contributed by atoms with E-state index in [0.29, 0.717) is 10.8 Å². The molecule has 0 radical (unpaired) electrons. The molecule has 2 aromatic carbocycles. The Labute approximate surface area is 161 Å². The number of amides is 1. The number of anilines is 1. The van der Waals surface area contributed by atoms with Gasteiger partial charge < -0.3 is 10.3 Å².